The predicted molar refractivity (Wildman–Crippen MR) is 160 cm³/mol. The number of nitrogens with one attached hydrogen (secondary N) is 1. The van der Waals surface area contributed by atoms with Crippen molar-refractivity contribution in [2.45, 2.75) is 20.0 Å². The molecule has 5 rings (SSSR count). The van der Waals surface area contributed by atoms with Gasteiger partial charge in [0.05, 0.1) is 5.52 Å². The van der Waals surface area contributed by atoms with Crippen molar-refractivity contribution >= 4 is 53.2 Å². The number of rotatable bonds is 7. The van der Waals surface area contributed by atoms with Crippen molar-refractivity contribution in [3.05, 3.63) is 102 Å². The number of aryl methyl sites for hydroxylation is 1. The van der Waals surface area contributed by atoms with Gasteiger partial charge in [0.1, 0.15) is 6.61 Å². The van der Waals surface area contributed by atoms with E-state index in [0.29, 0.717) is 0 Å². The van der Waals surface area contributed by atoms with Gasteiger partial charge in [-0.05, 0) is 60.9 Å². The van der Waals surface area contributed by atoms with Crippen LogP contribution in [0.25, 0.3) is 10.9 Å². The Bertz CT molecular complexity index is 1330. The van der Waals surface area contributed by atoms with Crippen LogP contribution in [0.2, 0.25) is 0 Å². The van der Waals surface area contributed by atoms with Gasteiger partial charge in [0.2, 0.25) is 0 Å². The van der Waals surface area contributed by atoms with E-state index in [2.05, 4.69) is 56.5 Å². The van der Waals surface area contributed by atoms with Gasteiger partial charge < -0.3 is 9.64 Å². The third-order valence-corrected chi connectivity index (χ3v) is 6.66. The lowest BCUT2D eigenvalue weighted by Crippen LogP contribution is -2.47. The molecule has 200 valence electrons. The van der Waals surface area contributed by atoms with Gasteiger partial charge in [0.25, 0.3) is 0 Å². The quantitative estimate of drug-likeness (QED) is 0.283. The Balaban J connectivity index is 0.00000200. The van der Waals surface area contributed by atoms with Crippen molar-refractivity contribution in [2.75, 3.05) is 42.9 Å². The average molecular weight is 554 g/mol. The lowest BCUT2D eigenvalue weighted by atomic mass is 10.1. The Morgan fingerprint density at radius 3 is 2.39 bits per heavy atom. The molecule has 0 bridgehead atoms. The number of nitrogens with zero attached hydrogens (tertiary/aromatic N) is 3. The number of benzene rings is 3. The smallest absolute Gasteiger partial charge is 0.411 e. The number of hydrogen-bond acceptors (Lipinski definition) is 5. The zero-order chi connectivity index (χ0) is 24.7. The van der Waals surface area contributed by atoms with E-state index in [9.17, 15) is 4.79 Å². The van der Waals surface area contributed by atoms with Crippen LogP contribution in [0.15, 0.2) is 84.9 Å². The topological polar surface area (TPSA) is 57.7 Å². The van der Waals surface area contributed by atoms with Crippen LogP contribution in [0.4, 0.5) is 16.2 Å². The predicted octanol–water partition coefficient (Wildman–Crippen LogP) is 6.50. The Labute approximate surface area is 236 Å². The Morgan fingerprint density at radius 2 is 1.61 bits per heavy atom. The lowest BCUT2D eigenvalue weighted by Gasteiger charge is -2.36. The van der Waals surface area contributed by atoms with Crippen LogP contribution in [-0.2, 0) is 17.8 Å². The maximum atomic E-state index is 12.2. The summed E-state index contributed by atoms with van der Waals surface area (Å²) in [5, 5.41) is 4.07. The zero-order valence-corrected chi connectivity index (χ0v) is 23.1. The van der Waals surface area contributed by atoms with Gasteiger partial charge in [-0.25, -0.2) is 4.79 Å². The van der Waals surface area contributed by atoms with Crippen LogP contribution in [0, 0.1) is 6.92 Å². The molecule has 1 N–H and O–H groups in total. The SMILES string of the molecule is Cc1ccc2c(N3CCN(CCc4cccc(NC(=O)OCc5ccccc5)c4)CC3)cccc2n1.Cl.Cl. The standard InChI is InChI=1S/C30H32N4O2.2ClH/c1-23-13-14-27-28(31-23)11-6-12-29(27)34-19-17-33(18-20-34)16-15-24-9-5-10-26(21-24)32-30(35)36-22-25-7-3-2-4-8-25;;/h2-14,21H,15-20,22H2,1H3,(H,32,35);2*1H. The molecular formula is C30H34Cl2N4O2. The van der Waals surface area contributed by atoms with Crippen LogP contribution in [-0.4, -0.2) is 48.7 Å². The fraction of sp³-hybridized carbons (Fsp3) is 0.267. The maximum Gasteiger partial charge on any atom is 0.411 e. The number of halogens is 2. The second-order valence-electron chi connectivity index (χ2n) is 9.26. The first-order chi connectivity index (χ1) is 17.6. The van der Waals surface area contributed by atoms with E-state index in [1.807, 2.05) is 55.5 Å². The van der Waals surface area contributed by atoms with Crippen molar-refractivity contribution in [1.82, 2.24) is 9.88 Å². The maximum absolute atomic E-state index is 12.2. The van der Waals surface area contributed by atoms with Crippen LogP contribution in [0.1, 0.15) is 16.8 Å². The van der Waals surface area contributed by atoms with Crippen molar-refractivity contribution in [3.63, 3.8) is 0 Å². The molecule has 1 fully saturated rings. The molecule has 0 spiro atoms. The number of carbonyl (C=O) groups is 1. The van der Waals surface area contributed by atoms with Crippen molar-refractivity contribution in [2.24, 2.45) is 0 Å². The van der Waals surface area contributed by atoms with Gasteiger partial charge in [-0.1, -0.05) is 48.5 Å². The molecule has 0 saturated carbocycles. The van der Waals surface area contributed by atoms with Gasteiger partial charge in [-0.3, -0.25) is 15.2 Å². The first-order valence-electron chi connectivity index (χ1n) is 12.5. The van der Waals surface area contributed by atoms with E-state index in [-0.39, 0.29) is 31.4 Å². The summed E-state index contributed by atoms with van der Waals surface area (Å²) in [6.07, 6.45) is 0.498. The number of amides is 1. The van der Waals surface area contributed by atoms with E-state index in [4.69, 9.17) is 4.74 Å². The van der Waals surface area contributed by atoms with Crippen molar-refractivity contribution in [1.29, 1.82) is 0 Å². The molecule has 4 aromatic rings. The van der Waals surface area contributed by atoms with Gasteiger partial charge in [-0.15, -0.1) is 24.8 Å². The van der Waals surface area contributed by atoms with Gasteiger partial charge in [0.15, 0.2) is 0 Å². The minimum absolute atomic E-state index is 0. The van der Waals surface area contributed by atoms with Gasteiger partial charge >= 0.3 is 6.09 Å². The number of fused-ring (bicyclic) bond motifs is 1. The molecule has 1 aromatic heterocycles. The highest BCUT2D eigenvalue weighted by Crippen LogP contribution is 2.27. The molecule has 8 heteroatoms. The average Bonchev–Trinajstić information content (AvgIpc) is 2.91. The van der Waals surface area contributed by atoms with Crippen molar-refractivity contribution in [3.8, 4) is 0 Å². The molecule has 0 atom stereocenters. The zero-order valence-electron chi connectivity index (χ0n) is 21.5. The number of pyridine rings is 1. The number of hydrogen-bond donors (Lipinski definition) is 1. The van der Waals surface area contributed by atoms with Crippen LogP contribution in [0.5, 0.6) is 0 Å². The van der Waals surface area contributed by atoms with E-state index in [0.717, 1.165) is 61.6 Å². The van der Waals surface area contributed by atoms with E-state index in [1.165, 1.54) is 16.6 Å². The minimum Gasteiger partial charge on any atom is -0.444 e. The van der Waals surface area contributed by atoms with Gasteiger partial charge in [-0.2, -0.15) is 0 Å². The van der Waals surface area contributed by atoms with E-state index < -0.39 is 6.09 Å². The monoisotopic (exact) mass is 552 g/mol. The van der Waals surface area contributed by atoms with Crippen LogP contribution < -0.4 is 10.2 Å². The highest BCUT2D eigenvalue weighted by atomic mass is 35.5. The van der Waals surface area contributed by atoms with Gasteiger partial charge in [0, 0.05) is 55.2 Å². The second kappa shape index (κ2) is 14.0. The van der Waals surface area contributed by atoms with E-state index >= 15 is 0 Å². The molecule has 3 aromatic carbocycles. The first kappa shape index (κ1) is 29.2. The molecular weight excluding hydrogens is 519 g/mol. The van der Waals surface area contributed by atoms with Crippen molar-refractivity contribution < 1.29 is 9.53 Å². The summed E-state index contributed by atoms with van der Waals surface area (Å²) in [6, 6.07) is 28.4. The number of anilines is 2. The molecule has 0 unspecified atom stereocenters. The normalized spacial score (nSPS) is 13.3. The minimum atomic E-state index is -0.439. The summed E-state index contributed by atoms with van der Waals surface area (Å²) in [7, 11) is 0. The molecule has 0 radical (unpaired) electrons. The van der Waals surface area contributed by atoms with E-state index in [1.54, 1.807) is 0 Å². The number of carbonyl (C=O) groups excluding carboxylic acids is 1. The summed E-state index contributed by atoms with van der Waals surface area (Å²) in [5.74, 6) is 0. The third-order valence-electron chi connectivity index (χ3n) is 6.66. The summed E-state index contributed by atoms with van der Waals surface area (Å²) in [4.78, 5) is 21.9. The van der Waals surface area contributed by atoms with Crippen LogP contribution in [0.3, 0.4) is 0 Å². The largest absolute Gasteiger partial charge is 0.444 e. The molecule has 1 aliphatic heterocycles. The molecule has 1 amide bonds. The summed E-state index contributed by atoms with van der Waals surface area (Å²) in [6.45, 7) is 7.34. The number of ether oxygens (including phenoxy) is 1. The summed E-state index contributed by atoms with van der Waals surface area (Å²) in [5.41, 5.74) is 6.32. The Morgan fingerprint density at radius 1 is 0.868 bits per heavy atom. The highest BCUT2D eigenvalue weighted by Gasteiger charge is 2.19. The first-order valence-corrected chi connectivity index (χ1v) is 12.5. The number of piperazine rings is 1. The molecule has 1 aliphatic rings. The molecule has 38 heavy (non-hydrogen) atoms. The number of aromatic nitrogens is 1. The van der Waals surface area contributed by atoms with Crippen LogP contribution >= 0.6 is 24.8 Å². The summed E-state index contributed by atoms with van der Waals surface area (Å²) < 4.78 is 5.34. The molecule has 1 saturated heterocycles. The highest BCUT2D eigenvalue weighted by molar-refractivity contribution is 5.92. The fourth-order valence-electron chi connectivity index (χ4n) is 4.70. The summed E-state index contributed by atoms with van der Waals surface area (Å²) >= 11 is 0. The lowest BCUT2D eigenvalue weighted by molar-refractivity contribution is 0.155. The Hall–Kier alpha value is -3.32. The molecule has 0 aliphatic carbocycles. The Kier molecular flexibility index (Phi) is 10.8. The third kappa shape index (κ3) is 7.60. The molecule has 6 nitrogen and oxygen atoms in total. The molecule has 2 heterocycles. The fourth-order valence-corrected chi connectivity index (χ4v) is 4.70. The second-order valence-corrected chi connectivity index (χ2v) is 9.26.